The minimum Gasteiger partial charge on any atom is -0.274 e. The van der Waals surface area contributed by atoms with Crippen LogP contribution in [0, 0.1) is 3.70 Å². The third-order valence-corrected chi connectivity index (χ3v) is 2.09. The molecule has 1 heterocycles. The Bertz CT molecular complexity index is 345. The first kappa shape index (κ1) is 10.8. The first-order valence-electron chi connectivity index (χ1n) is 3.17. The highest BCUT2D eigenvalue weighted by Gasteiger charge is 2.18. The molecule has 2 nitrogen and oxygen atoms in total. The zero-order valence-corrected chi connectivity index (χ0v) is 9.01. The molecule has 0 saturated carbocycles. The van der Waals surface area contributed by atoms with Crippen LogP contribution in [0.15, 0.2) is 12.1 Å². The number of nitrogens with zero attached hydrogens (tertiary/aromatic N) is 1. The highest BCUT2D eigenvalue weighted by Crippen LogP contribution is 2.23. The number of pyridine rings is 1. The monoisotopic (exact) mass is 317 g/mol. The van der Waals surface area contributed by atoms with Crippen molar-refractivity contribution in [2.24, 2.45) is 0 Å². The molecule has 0 aromatic carbocycles. The smallest absolute Gasteiger partial charge is 0.271 e. The lowest BCUT2D eigenvalue weighted by Crippen LogP contribution is -2.02. The first-order valence-corrected chi connectivity index (χ1v) is 4.62. The molecule has 1 aromatic heterocycles. The van der Waals surface area contributed by atoms with Crippen LogP contribution in [0.5, 0.6) is 0 Å². The summed E-state index contributed by atoms with van der Waals surface area (Å²) in [5, 5.41) is -0.964. The van der Waals surface area contributed by atoms with E-state index in [9.17, 15) is 13.6 Å². The van der Waals surface area contributed by atoms with Crippen LogP contribution >= 0.6 is 34.2 Å². The molecule has 6 heteroatoms. The SMILES string of the molecule is O=C(Cl)c1nc(I)ccc1C(F)F. The predicted octanol–water partition coefficient (Wildman–Crippen LogP) is 3.00. The maximum atomic E-state index is 12.3. The van der Waals surface area contributed by atoms with Crippen molar-refractivity contribution in [2.75, 3.05) is 0 Å². The predicted molar refractivity (Wildman–Crippen MR) is 52.1 cm³/mol. The molecule has 0 saturated heterocycles. The van der Waals surface area contributed by atoms with Gasteiger partial charge in [-0.2, -0.15) is 0 Å². The number of alkyl halides is 2. The highest BCUT2D eigenvalue weighted by molar-refractivity contribution is 14.1. The Balaban J connectivity index is 3.27. The molecule has 0 fully saturated rings. The fourth-order valence-electron chi connectivity index (χ4n) is 0.780. The van der Waals surface area contributed by atoms with Crippen molar-refractivity contribution in [3.8, 4) is 0 Å². The molecular weight excluding hydrogens is 314 g/mol. The Kier molecular flexibility index (Phi) is 3.55. The molecule has 0 unspecified atom stereocenters. The topological polar surface area (TPSA) is 30.0 Å². The number of rotatable bonds is 2. The van der Waals surface area contributed by atoms with Crippen LogP contribution < -0.4 is 0 Å². The molecule has 0 atom stereocenters. The largest absolute Gasteiger partial charge is 0.274 e. The second-order valence-electron chi connectivity index (χ2n) is 2.15. The van der Waals surface area contributed by atoms with Gasteiger partial charge in [0.05, 0.1) is 0 Å². The summed E-state index contributed by atoms with van der Waals surface area (Å²) in [6.45, 7) is 0. The number of hydrogen-bond acceptors (Lipinski definition) is 2. The zero-order chi connectivity index (χ0) is 10.0. The van der Waals surface area contributed by atoms with Crippen molar-refractivity contribution < 1.29 is 13.6 Å². The fraction of sp³-hybridized carbons (Fsp3) is 0.143. The van der Waals surface area contributed by atoms with Gasteiger partial charge in [-0.1, -0.05) is 0 Å². The van der Waals surface area contributed by atoms with E-state index in [2.05, 4.69) is 4.98 Å². The lowest BCUT2D eigenvalue weighted by molar-refractivity contribution is 0.106. The van der Waals surface area contributed by atoms with Crippen molar-refractivity contribution >= 4 is 39.4 Å². The maximum absolute atomic E-state index is 12.3. The van der Waals surface area contributed by atoms with Crippen molar-refractivity contribution in [3.63, 3.8) is 0 Å². The fourth-order valence-corrected chi connectivity index (χ4v) is 1.35. The van der Waals surface area contributed by atoms with E-state index in [1.54, 1.807) is 0 Å². The molecule has 0 aliphatic rings. The van der Waals surface area contributed by atoms with Gasteiger partial charge in [0.25, 0.3) is 11.7 Å². The minimum absolute atomic E-state index is 0.372. The highest BCUT2D eigenvalue weighted by atomic mass is 127. The molecule has 70 valence electrons. The van der Waals surface area contributed by atoms with E-state index >= 15 is 0 Å². The van der Waals surface area contributed by atoms with Gasteiger partial charge in [-0.05, 0) is 46.3 Å². The summed E-state index contributed by atoms with van der Waals surface area (Å²) in [5.41, 5.74) is -0.802. The van der Waals surface area contributed by atoms with Gasteiger partial charge in [0.1, 0.15) is 9.39 Å². The summed E-state index contributed by atoms with van der Waals surface area (Å²) in [7, 11) is 0. The molecule has 0 N–H and O–H groups in total. The lowest BCUT2D eigenvalue weighted by Gasteiger charge is -2.03. The molecule has 0 aliphatic carbocycles. The maximum Gasteiger partial charge on any atom is 0.271 e. The Morgan fingerprint density at radius 3 is 2.62 bits per heavy atom. The molecule has 0 bridgehead atoms. The van der Waals surface area contributed by atoms with Crippen LogP contribution in [-0.4, -0.2) is 10.2 Å². The Morgan fingerprint density at radius 1 is 1.54 bits per heavy atom. The van der Waals surface area contributed by atoms with Crippen LogP contribution in [0.25, 0.3) is 0 Å². The number of carbonyl (C=O) groups excluding carboxylic acids is 1. The van der Waals surface area contributed by atoms with Gasteiger partial charge in [-0.25, -0.2) is 13.8 Å². The summed E-state index contributed by atoms with van der Waals surface area (Å²) in [6.07, 6.45) is -2.73. The Hall–Kier alpha value is -0.300. The molecular formula is C7H3ClF2INO. The lowest BCUT2D eigenvalue weighted by atomic mass is 10.2. The minimum atomic E-state index is -2.73. The summed E-state index contributed by atoms with van der Waals surface area (Å²) in [6, 6.07) is 2.54. The summed E-state index contributed by atoms with van der Waals surface area (Å²) in [5.74, 6) is 0. The van der Waals surface area contributed by atoms with Gasteiger partial charge in [-0.3, -0.25) is 4.79 Å². The van der Waals surface area contributed by atoms with Gasteiger partial charge >= 0.3 is 0 Å². The van der Waals surface area contributed by atoms with E-state index in [-0.39, 0.29) is 5.69 Å². The zero-order valence-electron chi connectivity index (χ0n) is 6.10. The van der Waals surface area contributed by atoms with Gasteiger partial charge in [-0.15, -0.1) is 0 Å². The van der Waals surface area contributed by atoms with E-state index < -0.39 is 17.2 Å². The molecule has 0 aliphatic heterocycles. The summed E-state index contributed by atoms with van der Waals surface area (Å²) < 4.78 is 25.0. The van der Waals surface area contributed by atoms with Crippen molar-refractivity contribution in [1.29, 1.82) is 0 Å². The second-order valence-corrected chi connectivity index (χ2v) is 3.59. The normalized spacial score (nSPS) is 10.5. The van der Waals surface area contributed by atoms with Crippen LogP contribution in [0.3, 0.4) is 0 Å². The van der Waals surface area contributed by atoms with E-state index in [0.29, 0.717) is 3.70 Å². The number of hydrogen-bond donors (Lipinski definition) is 0. The van der Waals surface area contributed by atoms with E-state index in [1.807, 2.05) is 22.6 Å². The Morgan fingerprint density at radius 2 is 2.15 bits per heavy atom. The van der Waals surface area contributed by atoms with Crippen LogP contribution in [0.1, 0.15) is 22.5 Å². The van der Waals surface area contributed by atoms with E-state index in [4.69, 9.17) is 11.6 Å². The van der Waals surface area contributed by atoms with Crippen LogP contribution in [0.4, 0.5) is 8.78 Å². The molecule has 0 amide bonds. The summed E-state index contributed by atoms with van der Waals surface area (Å²) in [4.78, 5) is 14.3. The first-order chi connectivity index (χ1) is 6.02. The Labute approximate surface area is 91.4 Å². The average Bonchev–Trinajstić information content (AvgIpc) is 2.03. The van der Waals surface area contributed by atoms with Gasteiger partial charge in [0, 0.05) is 5.56 Å². The third kappa shape index (κ3) is 2.57. The van der Waals surface area contributed by atoms with Crippen LogP contribution in [0.2, 0.25) is 0 Å². The van der Waals surface area contributed by atoms with Gasteiger partial charge in [0.2, 0.25) is 0 Å². The van der Waals surface area contributed by atoms with Crippen molar-refractivity contribution in [2.45, 2.75) is 6.43 Å². The second kappa shape index (κ2) is 4.28. The van der Waals surface area contributed by atoms with Gasteiger partial charge < -0.3 is 0 Å². The quantitative estimate of drug-likeness (QED) is 0.477. The van der Waals surface area contributed by atoms with E-state index in [1.165, 1.54) is 6.07 Å². The molecule has 0 radical (unpaired) electrons. The number of carbonyl (C=O) groups is 1. The molecule has 1 rings (SSSR count). The molecule has 0 spiro atoms. The summed E-state index contributed by atoms with van der Waals surface area (Å²) >= 11 is 6.90. The molecule has 13 heavy (non-hydrogen) atoms. The number of halogens is 4. The number of aromatic nitrogens is 1. The van der Waals surface area contributed by atoms with E-state index in [0.717, 1.165) is 6.07 Å². The average molecular weight is 317 g/mol. The van der Waals surface area contributed by atoms with Crippen LogP contribution in [-0.2, 0) is 0 Å². The standard InChI is InChI=1S/C7H3ClF2INO/c8-6(13)5-3(7(9)10)1-2-4(11)12-5/h1-2,7H. The third-order valence-electron chi connectivity index (χ3n) is 1.31. The molecule has 1 aromatic rings. The van der Waals surface area contributed by atoms with Crippen molar-refractivity contribution in [3.05, 3.63) is 27.1 Å². The van der Waals surface area contributed by atoms with Crippen molar-refractivity contribution in [1.82, 2.24) is 4.98 Å². The van der Waals surface area contributed by atoms with Gasteiger partial charge in [0.15, 0.2) is 0 Å².